The van der Waals surface area contributed by atoms with Crippen LogP contribution in [0.2, 0.25) is 0 Å². The van der Waals surface area contributed by atoms with E-state index in [1.165, 1.54) is 25.4 Å². The summed E-state index contributed by atoms with van der Waals surface area (Å²) in [5.74, 6) is -0.661. The SMILES string of the molecule is COc1cc(NC(=O)c2cc(F)ccc2N2CCN(C(=O)CN3CCCCC3=O)[C@H](C)C2)ccn1. The van der Waals surface area contributed by atoms with Gasteiger partial charge in [-0.15, -0.1) is 0 Å². The minimum Gasteiger partial charge on any atom is -0.481 e. The van der Waals surface area contributed by atoms with Crippen LogP contribution >= 0.6 is 0 Å². The van der Waals surface area contributed by atoms with E-state index in [2.05, 4.69) is 10.3 Å². The highest BCUT2D eigenvalue weighted by molar-refractivity contribution is 6.08. The Balaban J connectivity index is 1.45. The predicted molar refractivity (Wildman–Crippen MR) is 129 cm³/mol. The molecule has 0 aliphatic carbocycles. The number of rotatable bonds is 6. The zero-order chi connectivity index (χ0) is 24.9. The maximum absolute atomic E-state index is 14.1. The number of pyridine rings is 1. The fraction of sp³-hybridized carbons (Fsp3) is 0.440. The molecule has 1 N–H and O–H groups in total. The highest BCUT2D eigenvalue weighted by Gasteiger charge is 2.31. The summed E-state index contributed by atoms with van der Waals surface area (Å²) >= 11 is 0. The summed E-state index contributed by atoms with van der Waals surface area (Å²) in [7, 11) is 1.48. The first kappa shape index (κ1) is 24.4. The van der Waals surface area contributed by atoms with E-state index in [4.69, 9.17) is 4.74 Å². The molecule has 2 saturated heterocycles. The number of likely N-dealkylation sites (tertiary alicyclic amines) is 1. The lowest BCUT2D eigenvalue weighted by Gasteiger charge is -2.42. The Morgan fingerprint density at radius 1 is 1.17 bits per heavy atom. The second kappa shape index (κ2) is 10.7. The van der Waals surface area contributed by atoms with Gasteiger partial charge in [-0.2, -0.15) is 0 Å². The van der Waals surface area contributed by atoms with Crippen molar-refractivity contribution >= 4 is 29.1 Å². The summed E-state index contributed by atoms with van der Waals surface area (Å²) in [5, 5.41) is 2.77. The topological polar surface area (TPSA) is 95.1 Å². The average molecular weight is 484 g/mol. The molecular formula is C25H30FN5O4. The lowest BCUT2D eigenvalue weighted by molar-refractivity contribution is -0.143. The normalized spacial score (nSPS) is 18.4. The van der Waals surface area contributed by atoms with E-state index in [1.807, 2.05) is 11.8 Å². The fourth-order valence-electron chi connectivity index (χ4n) is 4.59. The standard InChI is InChI=1S/C25H30FN5O4/c1-17-15-29(11-12-31(17)24(33)16-30-10-4-3-5-23(30)32)21-7-6-18(26)13-20(21)25(34)28-19-8-9-27-22(14-19)35-2/h6-9,13-14,17H,3-5,10-12,15-16H2,1-2H3,(H,27,28,34)/t17-/m1/s1. The summed E-state index contributed by atoms with van der Waals surface area (Å²) in [6.45, 7) is 4.07. The van der Waals surface area contributed by atoms with Crippen molar-refractivity contribution in [3.8, 4) is 5.88 Å². The van der Waals surface area contributed by atoms with Crippen molar-refractivity contribution in [1.29, 1.82) is 0 Å². The Morgan fingerprint density at radius 2 is 2.00 bits per heavy atom. The molecule has 0 unspecified atom stereocenters. The second-order valence-electron chi connectivity index (χ2n) is 8.86. The van der Waals surface area contributed by atoms with Crippen LogP contribution in [0.4, 0.5) is 15.8 Å². The van der Waals surface area contributed by atoms with Gasteiger partial charge in [0.25, 0.3) is 5.91 Å². The van der Waals surface area contributed by atoms with Gasteiger partial charge in [-0.05, 0) is 44.0 Å². The van der Waals surface area contributed by atoms with E-state index in [1.54, 1.807) is 28.0 Å². The Kier molecular flexibility index (Phi) is 7.48. The molecule has 10 heteroatoms. The van der Waals surface area contributed by atoms with Gasteiger partial charge < -0.3 is 24.8 Å². The Labute approximate surface area is 203 Å². The fourth-order valence-corrected chi connectivity index (χ4v) is 4.59. The molecule has 0 radical (unpaired) electrons. The summed E-state index contributed by atoms with van der Waals surface area (Å²) in [4.78, 5) is 47.5. The number of piperazine rings is 1. The van der Waals surface area contributed by atoms with E-state index in [0.717, 1.165) is 12.8 Å². The number of benzene rings is 1. The van der Waals surface area contributed by atoms with Crippen molar-refractivity contribution in [3.63, 3.8) is 0 Å². The molecule has 1 aromatic heterocycles. The molecule has 2 aliphatic rings. The summed E-state index contributed by atoms with van der Waals surface area (Å²) < 4.78 is 19.2. The van der Waals surface area contributed by atoms with E-state index >= 15 is 0 Å². The van der Waals surface area contributed by atoms with Crippen LogP contribution < -0.4 is 15.0 Å². The molecule has 1 atom stereocenters. The van der Waals surface area contributed by atoms with Gasteiger partial charge in [0, 0.05) is 62.3 Å². The van der Waals surface area contributed by atoms with Crippen molar-refractivity contribution in [3.05, 3.63) is 47.9 Å². The molecule has 0 bridgehead atoms. The van der Waals surface area contributed by atoms with Gasteiger partial charge in [0.1, 0.15) is 5.82 Å². The van der Waals surface area contributed by atoms with Crippen molar-refractivity contribution < 1.29 is 23.5 Å². The Bertz CT molecular complexity index is 1110. The molecule has 0 spiro atoms. The van der Waals surface area contributed by atoms with Gasteiger partial charge >= 0.3 is 0 Å². The number of aromatic nitrogens is 1. The lowest BCUT2D eigenvalue weighted by atomic mass is 10.1. The number of carbonyl (C=O) groups is 3. The van der Waals surface area contributed by atoms with E-state index in [9.17, 15) is 18.8 Å². The molecule has 9 nitrogen and oxygen atoms in total. The van der Waals surface area contributed by atoms with Crippen LogP contribution in [0.5, 0.6) is 5.88 Å². The van der Waals surface area contributed by atoms with Gasteiger partial charge in [-0.3, -0.25) is 14.4 Å². The largest absolute Gasteiger partial charge is 0.481 e. The van der Waals surface area contributed by atoms with Crippen LogP contribution in [0.1, 0.15) is 36.5 Å². The first-order valence-electron chi connectivity index (χ1n) is 11.8. The van der Waals surface area contributed by atoms with Gasteiger partial charge in [0.15, 0.2) is 0 Å². The molecule has 4 rings (SSSR count). The summed E-state index contributed by atoms with van der Waals surface area (Å²) in [5.41, 5.74) is 1.27. The minimum atomic E-state index is -0.515. The third-order valence-electron chi connectivity index (χ3n) is 6.44. The number of ether oxygens (including phenoxy) is 1. The molecule has 0 saturated carbocycles. The number of anilines is 2. The Hall–Kier alpha value is -3.69. The van der Waals surface area contributed by atoms with Crippen molar-refractivity contribution in [1.82, 2.24) is 14.8 Å². The van der Waals surface area contributed by atoms with Crippen LogP contribution in [-0.4, -0.2) is 78.4 Å². The molecule has 35 heavy (non-hydrogen) atoms. The van der Waals surface area contributed by atoms with Crippen LogP contribution in [-0.2, 0) is 9.59 Å². The summed E-state index contributed by atoms with van der Waals surface area (Å²) in [6.07, 6.45) is 3.81. The number of piperidine rings is 1. The smallest absolute Gasteiger partial charge is 0.257 e. The maximum Gasteiger partial charge on any atom is 0.257 e. The van der Waals surface area contributed by atoms with Gasteiger partial charge in [0.05, 0.1) is 19.2 Å². The molecule has 2 fully saturated rings. The number of hydrogen-bond acceptors (Lipinski definition) is 6. The number of amides is 3. The molecule has 2 aliphatic heterocycles. The lowest BCUT2D eigenvalue weighted by Crippen LogP contribution is -2.56. The minimum absolute atomic E-state index is 0.0321. The third-order valence-corrected chi connectivity index (χ3v) is 6.44. The zero-order valence-electron chi connectivity index (χ0n) is 20.0. The number of halogens is 1. The van der Waals surface area contributed by atoms with Gasteiger partial charge in [-0.25, -0.2) is 9.37 Å². The van der Waals surface area contributed by atoms with Crippen molar-refractivity contribution in [2.45, 2.75) is 32.2 Å². The van der Waals surface area contributed by atoms with Crippen molar-refractivity contribution in [2.24, 2.45) is 0 Å². The van der Waals surface area contributed by atoms with E-state index in [0.29, 0.717) is 49.9 Å². The monoisotopic (exact) mass is 483 g/mol. The number of hydrogen-bond donors (Lipinski definition) is 1. The molecule has 2 aromatic rings. The van der Waals surface area contributed by atoms with Crippen LogP contribution in [0.15, 0.2) is 36.5 Å². The van der Waals surface area contributed by atoms with E-state index in [-0.39, 0.29) is 30.0 Å². The highest BCUT2D eigenvalue weighted by Crippen LogP contribution is 2.26. The van der Waals surface area contributed by atoms with Gasteiger partial charge in [0.2, 0.25) is 17.7 Å². The summed E-state index contributed by atoms with van der Waals surface area (Å²) in [6, 6.07) is 7.20. The molecule has 186 valence electrons. The van der Waals surface area contributed by atoms with Crippen LogP contribution in [0.3, 0.4) is 0 Å². The highest BCUT2D eigenvalue weighted by atomic mass is 19.1. The number of nitrogens with one attached hydrogen (secondary N) is 1. The number of carbonyl (C=O) groups excluding carboxylic acids is 3. The van der Waals surface area contributed by atoms with Gasteiger partial charge in [-0.1, -0.05) is 0 Å². The zero-order valence-corrected chi connectivity index (χ0v) is 20.0. The third kappa shape index (κ3) is 5.70. The molecule has 3 amide bonds. The average Bonchev–Trinajstić information content (AvgIpc) is 2.85. The molecular weight excluding hydrogens is 453 g/mol. The first-order valence-corrected chi connectivity index (χ1v) is 11.8. The van der Waals surface area contributed by atoms with E-state index < -0.39 is 11.7 Å². The van der Waals surface area contributed by atoms with Crippen LogP contribution in [0, 0.1) is 5.82 Å². The van der Waals surface area contributed by atoms with Crippen molar-refractivity contribution in [2.75, 3.05) is 50.1 Å². The molecule has 3 heterocycles. The van der Waals surface area contributed by atoms with Crippen LogP contribution in [0.25, 0.3) is 0 Å². The first-order chi connectivity index (χ1) is 16.9. The quantitative estimate of drug-likeness (QED) is 0.679. The Morgan fingerprint density at radius 3 is 2.74 bits per heavy atom. The number of methoxy groups -OCH3 is 1. The predicted octanol–water partition coefficient (Wildman–Crippen LogP) is 2.53. The number of nitrogens with zero attached hydrogens (tertiary/aromatic N) is 4. The second-order valence-corrected chi connectivity index (χ2v) is 8.86. The maximum atomic E-state index is 14.1. The molecule has 1 aromatic carbocycles.